The first kappa shape index (κ1) is 19.2. The number of para-hydroxylation sites is 1. The molecule has 8 heteroatoms. The number of carbonyl (C=O) groups is 1. The van der Waals surface area contributed by atoms with Crippen molar-refractivity contribution in [2.24, 2.45) is 0 Å². The van der Waals surface area contributed by atoms with Gasteiger partial charge in [0.2, 0.25) is 0 Å². The summed E-state index contributed by atoms with van der Waals surface area (Å²) in [5, 5.41) is 2.54. The number of carbonyl (C=O) groups excluding carboxylic acids is 1. The summed E-state index contributed by atoms with van der Waals surface area (Å²) in [5.74, 6) is 0.544. The largest absolute Gasteiger partial charge is 0.379 e. The first-order chi connectivity index (χ1) is 13.4. The molecule has 0 heterocycles. The van der Waals surface area contributed by atoms with Crippen molar-refractivity contribution in [3.05, 3.63) is 84.4 Å². The molecule has 0 radical (unpaired) electrons. The van der Waals surface area contributed by atoms with Crippen LogP contribution >= 0.6 is 0 Å². The molecule has 0 aliphatic carbocycles. The first-order valence-electron chi connectivity index (χ1n) is 8.32. The van der Waals surface area contributed by atoms with Gasteiger partial charge in [-0.25, -0.2) is 4.79 Å². The summed E-state index contributed by atoms with van der Waals surface area (Å²) in [4.78, 5) is 17.1. The van der Waals surface area contributed by atoms with Crippen LogP contribution in [0.3, 0.4) is 0 Å². The van der Waals surface area contributed by atoms with Gasteiger partial charge >= 0.3 is 16.1 Å². The van der Waals surface area contributed by atoms with Gasteiger partial charge in [-0.3, -0.25) is 0 Å². The van der Waals surface area contributed by atoms with E-state index in [-0.39, 0.29) is 10.6 Å². The van der Waals surface area contributed by atoms with Crippen LogP contribution in [0.25, 0.3) is 0 Å². The van der Waals surface area contributed by atoms with E-state index in [4.69, 9.17) is 9.02 Å². The zero-order valence-corrected chi connectivity index (χ0v) is 15.8. The van der Waals surface area contributed by atoms with Crippen LogP contribution in [-0.4, -0.2) is 14.4 Å². The van der Waals surface area contributed by atoms with Crippen LogP contribution < -0.4 is 19.8 Å². The van der Waals surface area contributed by atoms with Crippen LogP contribution in [0.4, 0.5) is 10.5 Å². The maximum Gasteiger partial charge on any atom is 0.352 e. The normalized spacial score (nSPS) is 10.8. The van der Waals surface area contributed by atoms with Gasteiger partial charge in [0.1, 0.15) is 10.6 Å². The molecule has 28 heavy (non-hydrogen) atoms. The highest BCUT2D eigenvalue weighted by molar-refractivity contribution is 7.87. The number of rotatable bonds is 6. The highest BCUT2D eigenvalue weighted by atomic mass is 32.2. The molecule has 3 rings (SSSR count). The van der Waals surface area contributed by atoms with Gasteiger partial charge in [-0.15, -0.1) is 0 Å². The van der Waals surface area contributed by atoms with Crippen LogP contribution in [0.1, 0.15) is 5.56 Å². The second-order valence-corrected chi connectivity index (χ2v) is 7.40. The van der Waals surface area contributed by atoms with Gasteiger partial charge in [0.05, 0.1) is 0 Å². The number of benzene rings is 3. The maximum atomic E-state index is 12.4. The molecule has 0 bridgehead atoms. The fourth-order valence-corrected chi connectivity index (χ4v) is 3.35. The minimum absolute atomic E-state index is 0.0554. The predicted molar refractivity (Wildman–Crippen MR) is 105 cm³/mol. The number of amides is 2. The van der Waals surface area contributed by atoms with Crippen molar-refractivity contribution in [3.8, 4) is 11.5 Å². The smallest absolute Gasteiger partial charge is 0.352 e. The van der Waals surface area contributed by atoms with Crippen LogP contribution in [0.5, 0.6) is 11.5 Å². The van der Waals surface area contributed by atoms with Crippen molar-refractivity contribution < 1.29 is 22.2 Å². The average Bonchev–Trinajstić information content (AvgIpc) is 2.67. The fraction of sp³-hybridized carbons (Fsp3) is 0.0500. The van der Waals surface area contributed by atoms with Gasteiger partial charge in [0, 0.05) is 11.8 Å². The van der Waals surface area contributed by atoms with Crippen LogP contribution in [0, 0.1) is 6.92 Å². The molecule has 2 amide bonds. The fourth-order valence-electron chi connectivity index (χ4n) is 2.32. The summed E-state index contributed by atoms with van der Waals surface area (Å²) in [5.41, 5.74) is 3.38. The summed E-state index contributed by atoms with van der Waals surface area (Å²) >= 11 is 0. The Kier molecular flexibility index (Phi) is 5.81. The summed E-state index contributed by atoms with van der Waals surface area (Å²) in [6.45, 7) is 1.79. The van der Waals surface area contributed by atoms with Gasteiger partial charge in [-0.1, -0.05) is 36.4 Å². The summed E-state index contributed by atoms with van der Waals surface area (Å²) in [6.07, 6.45) is 0. The molecule has 0 aliphatic heterocycles. The third-order valence-electron chi connectivity index (χ3n) is 3.58. The molecule has 0 fully saturated rings. The topological polar surface area (TPSA) is 93.7 Å². The van der Waals surface area contributed by atoms with E-state index in [1.54, 1.807) is 55.5 Å². The van der Waals surface area contributed by atoms with E-state index in [0.717, 1.165) is 5.56 Å². The van der Waals surface area contributed by atoms with Gasteiger partial charge in [-0.05, 0) is 48.9 Å². The van der Waals surface area contributed by atoms with Crippen molar-refractivity contribution >= 4 is 21.8 Å². The van der Waals surface area contributed by atoms with E-state index in [1.165, 1.54) is 24.3 Å². The molecule has 0 atom stereocenters. The second kappa shape index (κ2) is 8.45. The quantitative estimate of drug-likeness (QED) is 0.485. The van der Waals surface area contributed by atoms with Crippen molar-refractivity contribution in [2.75, 3.05) is 5.32 Å². The molecule has 0 aromatic heterocycles. The lowest BCUT2D eigenvalue weighted by atomic mass is 10.2. The number of hydrogen-bond donors (Lipinski definition) is 2. The molecule has 0 saturated carbocycles. The Balaban J connectivity index is 1.64. The van der Waals surface area contributed by atoms with Gasteiger partial charge in [0.15, 0.2) is 5.75 Å². The number of nitrogens with one attached hydrogen (secondary N) is 2. The molecular weight excluding hydrogens is 380 g/mol. The third-order valence-corrected chi connectivity index (χ3v) is 4.82. The Morgan fingerprint density at radius 1 is 0.857 bits per heavy atom. The zero-order chi connectivity index (χ0) is 20.0. The van der Waals surface area contributed by atoms with Crippen LogP contribution in [-0.2, 0) is 10.1 Å². The van der Waals surface area contributed by atoms with E-state index in [9.17, 15) is 13.2 Å². The lowest BCUT2D eigenvalue weighted by Gasteiger charge is -2.11. The van der Waals surface area contributed by atoms with Gasteiger partial charge in [0.25, 0.3) is 0 Å². The molecule has 3 aromatic rings. The highest BCUT2D eigenvalue weighted by Gasteiger charge is 2.17. The zero-order valence-electron chi connectivity index (χ0n) is 15.0. The minimum Gasteiger partial charge on any atom is -0.379 e. The highest BCUT2D eigenvalue weighted by Crippen LogP contribution is 2.22. The molecule has 0 unspecified atom stereocenters. The number of aryl methyl sites for hydroxylation is 1. The van der Waals surface area contributed by atoms with E-state index < -0.39 is 16.1 Å². The number of urea groups is 1. The second-order valence-electron chi connectivity index (χ2n) is 5.85. The lowest BCUT2D eigenvalue weighted by Crippen LogP contribution is -2.31. The van der Waals surface area contributed by atoms with Gasteiger partial charge < -0.3 is 14.3 Å². The summed E-state index contributed by atoms with van der Waals surface area (Å²) in [6, 6.07) is 20.6. The van der Waals surface area contributed by atoms with Crippen LogP contribution in [0.2, 0.25) is 0 Å². The summed E-state index contributed by atoms with van der Waals surface area (Å²) in [7, 11) is -3.98. The summed E-state index contributed by atoms with van der Waals surface area (Å²) < 4.78 is 30.0. The molecule has 2 N–H and O–H groups in total. The number of hydrogen-bond acceptors (Lipinski definition) is 5. The van der Waals surface area contributed by atoms with Gasteiger partial charge in [-0.2, -0.15) is 13.9 Å². The monoisotopic (exact) mass is 398 g/mol. The molecule has 144 valence electrons. The number of hydroxylamine groups is 1. The Morgan fingerprint density at radius 3 is 2.32 bits per heavy atom. The van der Waals surface area contributed by atoms with Crippen molar-refractivity contribution in [3.63, 3.8) is 0 Å². The molecule has 0 saturated heterocycles. The molecule has 0 spiro atoms. The van der Waals surface area contributed by atoms with Crippen molar-refractivity contribution in [1.29, 1.82) is 0 Å². The maximum absolute atomic E-state index is 12.4. The molecular formula is C20H18N2O5S. The average molecular weight is 398 g/mol. The van der Waals surface area contributed by atoms with Crippen molar-refractivity contribution in [2.45, 2.75) is 11.8 Å². The molecule has 3 aromatic carbocycles. The van der Waals surface area contributed by atoms with Crippen LogP contribution in [0.15, 0.2) is 83.8 Å². The Morgan fingerprint density at radius 2 is 1.57 bits per heavy atom. The van der Waals surface area contributed by atoms with E-state index in [2.05, 4.69) is 10.8 Å². The predicted octanol–water partition coefficient (Wildman–Crippen LogP) is 3.88. The molecule has 7 nitrogen and oxygen atoms in total. The molecule has 0 aliphatic rings. The SMILES string of the molecule is Cc1cccc(S(=O)(=O)Oc2cccc(NC(=O)NOc3ccccc3)c2)c1. The first-order valence-corrected chi connectivity index (χ1v) is 9.73. The van der Waals surface area contributed by atoms with Crippen molar-refractivity contribution in [1.82, 2.24) is 5.48 Å². The Hall–Kier alpha value is -3.52. The number of anilines is 1. The Labute approximate surface area is 163 Å². The van der Waals surface area contributed by atoms with E-state index >= 15 is 0 Å². The van der Waals surface area contributed by atoms with E-state index in [0.29, 0.717) is 11.4 Å². The van der Waals surface area contributed by atoms with E-state index in [1.807, 2.05) is 6.07 Å². The Bertz CT molecular complexity index is 1070. The minimum atomic E-state index is -3.98. The third kappa shape index (κ3) is 5.24. The standard InChI is InChI=1S/C20H18N2O5S/c1-15-7-5-12-19(13-15)28(24,25)27-18-11-6-8-16(14-18)21-20(23)22-26-17-9-3-2-4-10-17/h2-14H,1H3,(H2,21,22,23). The lowest BCUT2D eigenvalue weighted by molar-refractivity contribution is 0.189.